The fourth-order valence-corrected chi connectivity index (χ4v) is 2.37. The zero-order chi connectivity index (χ0) is 11.6. The van der Waals surface area contributed by atoms with E-state index >= 15 is 0 Å². The Morgan fingerprint density at radius 1 is 1.19 bits per heavy atom. The van der Waals surface area contributed by atoms with E-state index in [0.29, 0.717) is 0 Å². The summed E-state index contributed by atoms with van der Waals surface area (Å²) in [5.41, 5.74) is 1.05. The van der Waals surface area contributed by atoms with Gasteiger partial charge in [-0.05, 0) is 29.9 Å². The SMILES string of the molecule is CCCCCCSc1ccc(C=NN)cc1. The topological polar surface area (TPSA) is 38.4 Å². The first-order valence-electron chi connectivity index (χ1n) is 5.83. The average Bonchev–Trinajstić information content (AvgIpc) is 2.31. The van der Waals surface area contributed by atoms with Gasteiger partial charge in [0.25, 0.3) is 0 Å². The summed E-state index contributed by atoms with van der Waals surface area (Å²) in [4.78, 5) is 1.32. The molecule has 3 heteroatoms. The van der Waals surface area contributed by atoms with Crippen LogP contribution in [0.1, 0.15) is 38.2 Å². The zero-order valence-electron chi connectivity index (χ0n) is 9.86. The van der Waals surface area contributed by atoms with Gasteiger partial charge >= 0.3 is 0 Å². The van der Waals surface area contributed by atoms with Crippen molar-refractivity contribution in [1.82, 2.24) is 0 Å². The maximum atomic E-state index is 5.09. The van der Waals surface area contributed by atoms with E-state index in [2.05, 4.69) is 24.2 Å². The van der Waals surface area contributed by atoms with Crippen molar-refractivity contribution in [2.24, 2.45) is 10.9 Å². The Morgan fingerprint density at radius 2 is 1.94 bits per heavy atom. The van der Waals surface area contributed by atoms with Crippen LogP contribution in [0.2, 0.25) is 0 Å². The molecule has 16 heavy (non-hydrogen) atoms. The molecule has 0 aliphatic rings. The van der Waals surface area contributed by atoms with Gasteiger partial charge in [0.1, 0.15) is 0 Å². The monoisotopic (exact) mass is 236 g/mol. The molecule has 0 aliphatic heterocycles. The molecule has 88 valence electrons. The molecule has 0 atom stereocenters. The Morgan fingerprint density at radius 3 is 2.56 bits per heavy atom. The predicted molar refractivity (Wildman–Crippen MR) is 73.1 cm³/mol. The van der Waals surface area contributed by atoms with E-state index in [4.69, 9.17) is 5.84 Å². The highest BCUT2D eigenvalue weighted by atomic mass is 32.2. The molecule has 0 saturated heterocycles. The van der Waals surface area contributed by atoms with Crippen molar-refractivity contribution < 1.29 is 0 Å². The van der Waals surface area contributed by atoms with Gasteiger partial charge in [0.15, 0.2) is 0 Å². The molecule has 1 aromatic rings. The maximum absolute atomic E-state index is 5.09. The number of benzene rings is 1. The molecule has 0 bridgehead atoms. The Balaban J connectivity index is 2.26. The highest BCUT2D eigenvalue weighted by molar-refractivity contribution is 7.99. The first-order valence-corrected chi connectivity index (χ1v) is 6.81. The number of nitrogens with zero attached hydrogens (tertiary/aromatic N) is 1. The van der Waals surface area contributed by atoms with E-state index in [1.54, 1.807) is 6.21 Å². The number of hydrogen-bond donors (Lipinski definition) is 1. The zero-order valence-corrected chi connectivity index (χ0v) is 10.7. The van der Waals surface area contributed by atoms with Crippen LogP contribution in [0.3, 0.4) is 0 Å². The van der Waals surface area contributed by atoms with Crippen LogP contribution in [0.5, 0.6) is 0 Å². The minimum Gasteiger partial charge on any atom is -0.323 e. The van der Waals surface area contributed by atoms with Gasteiger partial charge in [-0.3, -0.25) is 0 Å². The third-order valence-corrected chi connectivity index (χ3v) is 3.47. The van der Waals surface area contributed by atoms with Crippen LogP contribution in [0.15, 0.2) is 34.3 Å². The molecule has 0 aliphatic carbocycles. The van der Waals surface area contributed by atoms with Crippen molar-refractivity contribution >= 4 is 18.0 Å². The number of nitrogens with two attached hydrogens (primary N) is 1. The molecule has 1 rings (SSSR count). The summed E-state index contributed by atoms with van der Waals surface area (Å²) in [5.74, 6) is 6.30. The largest absolute Gasteiger partial charge is 0.323 e. The van der Waals surface area contributed by atoms with Crippen molar-refractivity contribution in [2.75, 3.05) is 5.75 Å². The molecule has 1 aromatic carbocycles. The van der Waals surface area contributed by atoms with E-state index in [-0.39, 0.29) is 0 Å². The molecule has 0 fully saturated rings. The summed E-state index contributed by atoms with van der Waals surface area (Å²) >= 11 is 1.92. The smallest absolute Gasteiger partial charge is 0.0538 e. The fourth-order valence-electron chi connectivity index (χ4n) is 1.46. The van der Waals surface area contributed by atoms with Gasteiger partial charge in [-0.2, -0.15) is 5.10 Å². The molecule has 0 heterocycles. The molecule has 0 spiro atoms. The number of hydrogen-bond acceptors (Lipinski definition) is 3. The van der Waals surface area contributed by atoms with Gasteiger partial charge in [0, 0.05) is 4.90 Å². The van der Waals surface area contributed by atoms with Gasteiger partial charge in [0.2, 0.25) is 0 Å². The Kier molecular flexibility index (Phi) is 6.74. The van der Waals surface area contributed by atoms with Crippen LogP contribution in [-0.4, -0.2) is 12.0 Å². The second kappa shape index (κ2) is 8.22. The summed E-state index contributed by atoms with van der Waals surface area (Å²) in [6, 6.07) is 8.35. The Hall–Kier alpha value is -0.960. The van der Waals surface area contributed by atoms with Crippen molar-refractivity contribution in [3.05, 3.63) is 29.8 Å². The fraction of sp³-hybridized carbons (Fsp3) is 0.462. The van der Waals surface area contributed by atoms with Crippen LogP contribution >= 0.6 is 11.8 Å². The first-order chi connectivity index (χ1) is 7.86. The standard InChI is InChI=1S/C13H20N2S/c1-2-3-4-5-10-16-13-8-6-12(7-9-13)11-15-14/h6-9,11H,2-5,10,14H2,1H3. The summed E-state index contributed by atoms with van der Waals surface area (Å²) in [7, 11) is 0. The lowest BCUT2D eigenvalue weighted by molar-refractivity contribution is 0.706. The second-order valence-corrected chi connectivity index (χ2v) is 4.92. The van der Waals surface area contributed by atoms with Crippen LogP contribution in [-0.2, 0) is 0 Å². The highest BCUT2D eigenvalue weighted by Gasteiger charge is 1.94. The van der Waals surface area contributed by atoms with E-state index in [1.807, 2.05) is 23.9 Å². The van der Waals surface area contributed by atoms with Gasteiger partial charge in [0.05, 0.1) is 6.21 Å². The van der Waals surface area contributed by atoms with E-state index in [1.165, 1.54) is 36.3 Å². The maximum Gasteiger partial charge on any atom is 0.0538 e. The van der Waals surface area contributed by atoms with Crippen molar-refractivity contribution in [3.63, 3.8) is 0 Å². The van der Waals surface area contributed by atoms with Crippen molar-refractivity contribution in [1.29, 1.82) is 0 Å². The lowest BCUT2D eigenvalue weighted by Crippen LogP contribution is -1.86. The number of unbranched alkanes of at least 4 members (excludes halogenated alkanes) is 3. The molecule has 0 amide bonds. The highest BCUT2D eigenvalue weighted by Crippen LogP contribution is 2.19. The van der Waals surface area contributed by atoms with Crippen LogP contribution in [0, 0.1) is 0 Å². The quantitative estimate of drug-likeness (QED) is 0.258. The summed E-state index contributed by atoms with van der Waals surface area (Å²) in [5, 5.41) is 3.50. The Bertz CT molecular complexity index is 306. The summed E-state index contributed by atoms with van der Waals surface area (Å²) in [6.45, 7) is 2.24. The third kappa shape index (κ3) is 5.21. The second-order valence-electron chi connectivity index (χ2n) is 3.76. The van der Waals surface area contributed by atoms with E-state index < -0.39 is 0 Å². The molecule has 2 N–H and O–H groups in total. The van der Waals surface area contributed by atoms with Crippen LogP contribution in [0.4, 0.5) is 0 Å². The molecule has 0 unspecified atom stereocenters. The lowest BCUT2D eigenvalue weighted by Gasteiger charge is -2.01. The van der Waals surface area contributed by atoms with Crippen LogP contribution in [0.25, 0.3) is 0 Å². The number of hydrazone groups is 1. The van der Waals surface area contributed by atoms with E-state index in [9.17, 15) is 0 Å². The molecular weight excluding hydrogens is 216 g/mol. The van der Waals surface area contributed by atoms with E-state index in [0.717, 1.165) is 5.56 Å². The van der Waals surface area contributed by atoms with Crippen LogP contribution < -0.4 is 5.84 Å². The minimum atomic E-state index is 1.05. The molecule has 0 aromatic heterocycles. The normalized spacial score (nSPS) is 11.1. The number of rotatable bonds is 7. The Labute approximate surface area is 102 Å². The van der Waals surface area contributed by atoms with Gasteiger partial charge < -0.3 is 5.84 Å². The average molecular weight is 236 g/mol. The lowest BCUT2D eigenvalue weighted by atomic mass is 10.2. The van der Waals surface area contributed by atoms with Crippen molar-refractivity contribution in [3.8, 4) is 0 Å². The molecular formula is C13H20N2S. The van der Waals surface area contributed by atoms with Gasteiger partial charge in [-0.25, -0.2) is 0 Å². The molecule has 2 nitrogen and oxygen atoms in total. The third-order valence-electron chi connectivity index (χ3n) is 2.37. The summed E-state index contributed by atoms with van der Waals surface area (Å²) < 4.78 is 0. The number of thioether (sulfide) groups is 1. The minimum absolute atomic E-state index is 1.05. The summed E-state index contributed by atoms with van der Waals surface area (Å²) in [6.07, 6.45) is 6.98. The molecule has 0 radical (unpaired) electrons. The van der Waals surface area contributed by atoms with Gasteiger partial charge in [-0.1, -0.05) is 38.3 Å². The van der Waals surface area contributed by atoms with Crippen molar-refractivity contribution in [2.45, 2.75) is 37.5 Å². The molecule has 0 saturated carbocycles. The van der Waals surface area contributed by atoms with Gasteiger partial charge in [-0.15, -0.1) is 11.8 Å². The predicted octanol–water partition coefficient (Wildman–Crippen LogP) is 3.65. The first kappa shape index (κ1) is 13.1.